The second-order valence-electron chi connectivity index (χ2n) is 4.99. The van der Waals surface area contributed by atoms with Gasteiger partial charge in [0, 0.05) is 10.9 Å². The van der Waals surface area contributed by atoms with Crippen LogP contribution in [0, 0.1) is 0 Å². The summed E-state index contributed by atoms with van der Waals surface area (Å²) in [6, 6.07) is 7.49. The Morgan fingerprint density at radius 1 is 1.28 bits per heavy atom. The molecule has 0 fully saturated rings. The molecule has 18 heavy (non-hydrogen) atoms. The lowest BCUT2D eigenvalue weighted by atomic mass is 10.0. The van der Waals surface area contributed by atoms with Crippen LogP contribution in [0.15, 0.2) is 24.3 Å². The van der Waals surface area contributed by atoms with Crippen LogP contribution in [0.3, 0.4) is 0 Å². The molecule has 0 aliphatic rings. The molecule has 0 radical (unpaired) electrons. The molecular weight excluding hydrogens is 294 g/mol. The largest absolute Gasteiger partial charge is 0.461 e. The summed E-state index contributed by atoms with van der Waals surface area (Å²) in [4.78, 5) is 13.7. The third kappa shape index (κ3) is 4.78. The van der Waals surface area contributed by atoms with E-state index in [-0.39, 0.29) is 10.3 Å². The molecular formula is C14H20BrNO2. The maximum Gasteiger partial charge on any atom is 0.338 e. The molecule has 0 heterocycles. The highest BCUT2D eigenvalue weighted by Crippen LogP contribution is 2.29. The van der Waals surface area contributed by atoms with Crippen LogP contribution < -0.4 is 0 Å². The van der Waals surface area contributed by atoms with E-state index in [4.69, 9.17) is 4.74 Å². The Morgan fingerprint density at radius 2 is 1.83 bits per heavy atom. The average Bonchev–Trinajstić information content (AvgIpc) is 2.27. The van der Waals surface area contributed by atoms with Crippen molar-refractivity contribution < 1.29 is 9.53 Å². The van der Waals surface area contributed by atoms with Gasteiger partial charge in [-0.25, -0.2) is 4.79 Å². The molecule has 1 rings (SSSR count). The zero-order chi connectivity index (χ0) is 13.8. The van der Waals surface area contributed by atoms with Gasteiger partial charge in [0.25, 0.3) is 0 Å². The topological polar surface area (TPSA) is 29.5 Å². The molecule has 1 aromatic carbocycles. The Kier molecular flexibility index (Phi) is 5.35. The van der Waals surface area contributed by atoms with Crippen molar-refractivity contribution in [3.63, 3.8) is 0 Å². The van der Waals surface area contributed by atoms with Gasteiger partial charge in [-0.3, -0.25) is 0 Å². The molecule has 0 aliphatic carbocycles. The first-order valence-electron chi connectivity index (χ1n) is 5.92. The van der Waals surface area contributed by atoms with Crippen LogP contribution >= 0.6 is 15.9 Å². The number of alkyl halides is 1. The van der Waals surface area contributed by atoms with Crippen LogP contribution in [0.25, 0.3) is 0 Å². The number of esters is 1. The number of carbonyl (C=O) groups excluding carboxylic acids is 1. The number of ether oxygens (including phenoxy) is 1. The van der Waals surface area contributed by atoms with Gasteiger partial charge in [0.15, 0.2) is 0 Å². The SMILES string of the molecule is CN(C)CCOC(=O)c1ccc(C(C)(C)Br)cc1. The second kappa shape index (κ2) is 6.34. The van der Waals surface area contributed by atoms with Crippen molar-refractivity contribution in [1.82, 2.24) is 4.90 Å². The van der Waals surface area contributed by atoms with Gasteiger partial charge in [-0.1, -0.05) is 28.1 Å². The molecule has 1 aromatic rings. The third-order valence-electron chi connectivity index (χ3n) is 2.58. The summed E-state index contributed by atoms with van der Waals surface area (Å²) < 4.78 is 5.09. The number of halogens is 1. The fourth-order valence-electron chi connectivity index (χ4n) is 1.41. The van der Waals surface area contributed by atoms with Gasteiger partial charge in [-0.15, -0.1) is 0 Å². The molecule has 0 saturated heterocycles. The summed E-state index contributed by atoms with van der Waals surface area (Å²) in [6.45, 7) is 5.28. The summed E-state index contributed by atoms with van der Waals surface area (Å²) in [5.41, 5.74) is 1.72. The van der Waals surface area contributed by atoms with E-state index in [0.29, 0.717) is 12.2 Å². The van der Waals surface area contributed by atoms with Gasteiger partial charge in [0.2, 0.25) is 0 Å². The van der Waals surface area contributed by atoms with Gasteiger partial charge in [-0.2, -0.15) is 0 Å². The Morgan fingerprint density at radius 3 is 2.28 bits per heavy atom. The van der Waals surface area contributed by atoms with Crippen molar-refractivity contribution in [2.75, 3.05) is 27.2 Å². The van der Waals surface area contributed by atoms with Gasteiger partial charge in [0.1, 0.15) is 6.61 Å². The fraction of sp³-hybridized carbons (Fsp3) is 0.500. The Labute approximate surface area is 117 Å². The fourth-order valence-corrected chi connectivity index (χ4v) is 1.67. The van der Waals surface area contributed by atoms with Crippen LogP contribution in [0.5, 0.6) is 0 Å². The van der Waals surface area contributed by atoms with Crippen molar-refractivity contribution in [2.45, 2.75) is 18.2 Å². The zero-order valence-corrected chi connectivity index (χ0v) is 13.0. The molecule has 0 bridgehead atoms. The number of hydrogen-bond donors (Lipinski definition) is 0. The predicted octanol–water partition coefficient (Wildman–Crippen LogP) is 3.04. The first-order valence-corrected chi connectivity index (χ1v) is 6.71. The molecule has 0 unspecified atom stereocenters. The molecule has 0 N–H and O–H groups in total. The van der Waals surface area contributed by atoms with Crippen molar-refractivity contribution in [3.05, 3.63) is 35.4 Å². The number of benzene rings is 1. The molecule has 0 saturated carbocycles. The highest BCUT2D eigenvalue weighted by molar-refractivity contribution is 9.09. The van der Waals surface area contributed by atoms with E-state index in [1.807, 2.05) is 31.1 Å². The average molecular weight is 314 g/mol. The highest BCUT2D eigenvalue weighted by atomic mass is 79.9. The van der Waals surface area contributed by atoms with Crippen LogP contribution in [-0.4, -0.2) is 38.1 Å². The van der Waals surface area contributed by atoms with Crippen LogP contribution in [-0.2, 0) is 9.06 Å². The van der Waals surface area contributed by atoms with E-state index in [9.17, 15) is 4.79 Å². The van der Waals surface area contributed by atoms with Gasteiger partial charge >= 0.3 is 5.97 Å². The van der Waals surface area contributed by atoms with E-state index in [2.05, 4.69) is 29.8 Å². The normalized spacial score (nSPS) is 11.7. The summed E-state index contributed by atoms with van der Waals surface area (Å²) in [6.07, 6.45) is 0. The van der Waals surface area contributed by atoms with Crippen molar-refractivity contribution in [1.29, 1.82) is 0 Å². The van der Waals surface area contributed by atoms with Gasteiger partial charge in [0.05, 0.1) is 5.56 Å². The number of rotatable bonds is 5. The maximum absolute atomic E-state index is 11.7. The van der Waals surface area contributed by atoms with Crippen LogP contribution in [0.4, 0.5) is 0 Å². The summed E-state index contributed by atoms with van der Waals surface area (Å²) in [5, 5.41) is 0. The molecule has 4 heteroatoms. The molecule has 0 amide bonds. The van der Waals surface area contributed by atoms with E-state index in [1.54, 1.807) is 12.1 Å². The van der Waals surface area contributed by atoms with Crippen molar-refractivity contribution in [3.8, 4) is 0 Å². The molecule has 0 aromatic heterocycles. The van der Waals surface area contributed by atoms with Gasteiger partial charge < -0.3 is 9.64 Å². The number of nitrogens with zero attached hydrogens (tertiary/aromatic N) is 1. The first kappa shape index (κ1) is 15.2. The highest BCUT2D eigenvalue weighted by Gasteiger charge is 2.16. The third-order valence-corrected chi connectivity index (χ3v) is 3.04. The van der Waals surface area contributed by atoms with Crippen molar-refractivity contribution >= 4 is 21.9 Å². The quantitative estimate of drug-likeness (QED) is 0.618. The van der Waals surface area contributed by atoms with E-state index < -0.39 is 0 Å². The molecule has 3 nitrogen and oxygen atoms in total. The van der Waals surface area contributed by atoms with E-state index in [0.717, 1.165) is 12.1 Å². The number of hydrogen-bond acceptors (Lipinski definition) is 3. The van der Waals surface area contributed by atoms with Gasteiger partial charge in [-0.05, 0) is 45.6 Å². The van der Waals surface area contributed by atoms with Crippen LogP contribution in [0.2, 0.25) is 0 Å². The molecule has 0 aliphatic heterocycles. The summed E-state index contributed by atoms with van der Waals surface area (Å²) in [5.74, 6) is -0.268. The number of likely N-dealkylation sites (N-methyl/N-ethyl adjacent to an activating group) is 1. The maximum atomic E-state index is 11.7. The standard InChI is InChI=1S/C14H20BrNO2/c1-14(2,15)12-7-5-11(6-8-12)13(17)18-10-9-16(3)4/h5-8H,9-10H2,1-4H3. The first-order chi connectivity index (χ1) is 8.30. The van der Waals surface area contributed by atoms with Crippen molar-refractivity contribution in [2.24, 2.45) is 0 Å². The predicted molar refractivity (Wildman–Crippen MR) is 77.2 cm³/mol. The lowest BCUT2D eigenvalue weighted by molar-refractivity contribution is 0.0482. The molecule has 0 atom stereocenters. The minimum absolute atomic E-state index is 0.0830. The minimum atomic E-state index is -0.268. The second-order valence-corrected chi connectivity index (χ2v) is 6.97. The summed E-state index contributed by atoms with van der Waals surface area (Å²) in [7, 11) is 3.89. The molecule has 0 spiro atoms. The van der Waals surface area contributed by atoms with E-state index in [1.165, 1.54) is 0 Å². The molecule has 100 valence electrons. The Bertz CT molecular complexity index is 393. The lowest BCUT2D eigenvalue weighted by Gasteiger charge is -2.16. The van der Waals surface area contributed by atoms with E-state index >= 15 is 0 Å². The Hall–Kier alpha value is -0.870. The van der Waals surface area contributed by atoms with Crippen LogP contribution in [0.1, 0.15) is 29.8 Å². The monoisotopic (exact) mass is 313 g/mol. The zero-order valence-electron chi connectivity index (χ0n) is 11.4. The number of carbonyl (C=O) groups is 1. The lowest BCUT2D eigenvalue weighted by Crippen LogP contribution is -2.20. The smallest absolute Gasteiger partial charge is 0.338 e. The Balaban J connectivity index is 2.60. The summed E-state index contributed by atoms with van der Waals surface area (Å²) >= 11 is 3.58. The minimum Gasteiger partial charge on any atom is -0.461 e.